The van der Waals surface area contributed by atoms with Gasteiger partial charge in [-0.25, -0.2) is 0 Å². The van der Waals surface area contributed by atoms with E-state index in [0.717, 1.165) is 87.0 Å². The summed E-state index contributed by atoms with van der Waals surface area (Å²) in [4.78, 5) is 33.2. The fourth-order valence-electron chi connectivity index (χ4n) is 12.1. The first kappa shape index (κ1) is 52.1. The van der Waals surface area contributed by atoms with Gasteiger partial charge in [0.1, 0.15) is 0 Å². The molecule has 0 saturated heterocycles. The smallest absolute Gasteiger partial charge is 0.423 e. The lowest BCUT2D eigenvalue weighted by Crippen LogP contribution is -2.36. The Bertz CT molecular complexity index is 3660. The predicted molar refractivity (Wildman–Crippen MR) is 323 cm³/mol. The number of carbonyl (C=O) groups excluding carboxylic acids is 2. The van der Waals surface area contributed by atoms with E-state index in [1.54, 1.807) is 36.4 Å². The van der Waals surface area contributed by atoms with Crippen LogP contribution < -0.4 is 26.5 Å². The van der Waals surface area contributed by atoms with E-state index in [1.165, 1.54) is 64.6 Å². The van der Waals surface area contributed by atoms with E-state index in [1.807, 2.05) is 41.3 Å². The van der Waals surface area contributed by atoms with Crippen LogP contribution in [0.2, 0.25) is 0 Å². The number of benzene rings is 11. The van der Waals surface area contributed by atoms with E-state index in [2.05, 4.69) is 119 Å². The summed E-state index contributed by atoms with van der Waals surface area (Å²) >= 11 is 0. The molecule has 6 N–H and O–H groups in total. The van der Waals surface area contributed by atoms with Crippen molar-refractivity contribution in [1.82, 2.24) is 4.90 Å². The molecule has 0 saturated carbocycles. The average molecular weight is 1030 g/mol. The van der Waals surface area contributed by atoms with Gasteiger partial charge in [-0.15, -0.1) is 0 Å². The summed E-state index contributed by atoms with van der Waals surface area (Å²) in [7, 11) is -3.17. The number of nitrogens with zero attached hydrogens (tertiary/aromatic N) is 3. The van der Waals surface area contributed by atoms with Gasteiger partial charge in [-0.1, -0.05) is 177 Å². The summed E-state index contributed by atoms with van der Waals surface area (Å²) in [5.41, 5.74) is 11.3. The Balaban J connectivity index is 0.767. The Labute approximate surface area is 455 Å². The molecule has 0 aliphatic heterocycles. The first-order chi connectivity index (χ1) is 38.1. The van der Waals surface area contributed by atoms with Crippen molar-refractivity contribution in [3.63, 3.8) is 0 Å². The number of hydrogen-bond donors (Lipinski definition) is 5. The molecule has 11 rings (SSSR count). The van der Waals surface area contributed by atoms with Gasteiger partial charge in [0, 0.05) is 72.5 Å². The molecule has 0 spiro atoms. The normalized spacial score (nSPS) is 11.7. The quantitative estimate of drug-likeness (QED) is 0.0228. The molecule has 78 heavy (non-hydrogen) atoms. The zero-order valence-electron chi connectivity index (χ0n) is 43.9. The maximum Gasteiger partial charge on any atom is 0.488 e. The summed E-state index contributed by atoms with van der Waals surface area (Å²) in [5, 5.41) is 56.0. The molecule has 0 heterocycles. The van der Waals surface area contributed by atoms with E-state index in [9.17, 15) is 29.7 Å². The topological polar surface area (TPSA) is 151 Å². The van der Waals surface area contributed by atoms with Gasteiger partial charge in [-0.2, -0.15) is 0 Å². The van der Waals surface area contributed by atoms with Crippen LogP contribution in [-0.4, -0.2) is 77.2 Å². The molecule has 0 bridgehead atoms. The summed E-state index contributed by atoms with van der Waals surface area (Å²) in [5.74, 6) is -0.691. The van der Waals surface area contributed by atoms with Crippen LogP contribution in [0, 0.1) is 0 Å². The van der Waals surface area contributed by atoms with Gasteiger partial charge in [0.05, 0.1) is 0 Å². The van der Waals surface area contributed by atoms with E-state index in [0.29, 0.717) is 48.2 Å². The SMILES string of the molecule is NC(=O)c1cccc(C(=O)N(CCCCCCN(Cc2ccccc2B(O)O)c2ccc3ccc4cccc5ccc2c3c45)CCCCCCN(Cc2ccccc2B(O)O)c2ccc3ccc4cccc5ccc2c3c45)c1. The van der Waals surface area contributed by atoms with Gasteiger partial charge < -0.3 is 40.5 Å². The second kappa shape index (κ2) is 23.3. The van der Waals surface area contributed by atoms with Crippen LogP contribution >= 0.6 is 0 Å². The van der Waals surface area contributed by atoms with Crippen molar-refractivity contribution >= 4 is 113 Å². The molecule has 11 aromatic rings. The summed E-state index contributed by atoms with van der Waals surface area (Å²) in [6, 6.07) is 61.0. The van der Waals surface area contributed by atoms with Crippen LogP contribution in [0.5, 0.6) is 0 Å². The lowest BCUT2D eigenvalue weighted by atomic mass is 9.77. The number of carbonyl (C=O) groups is 2. The molecule has 0 radical (unpaired) electrons. The molecular weight excluding hydrogens is 966 g/mol. The number of amides is 2. The highest BCUT2D eigenvalue weighted by Gasteiger charge is 2.23. The van der Waals surface area contributed by atoms with Crippen molar-refractivity contribution in [3.05, 3.63) is 204 Å². The fraction of sp³-hybridized carbons (Fsp3) is 0.212. The number of hydrogen-bond acceptors (Lipinski definition) is 8. The Kier molecular flexibility index (Phi) is 15.6. The van der Waals surface area contributed by atoms with Crippen molar-refractivity contribution in [1.29, 1.82) is 0 Å². The van der Waals surface area contributed by atoms with Gasteiger partial charge in [0.2, 0.25) is 5.91 Å². The third-order valence-electron chi connectivity index (χ3n) is 16.0. The van der Waals surface area contributed by atoms with Crippen LogP contribution in [0.3, 0.4) is 0 Å². The van der Waals surface area contributed by atoms with Crippen molar-refractivity contribution in [2.75, 3.05) is 36.0 Å². The van der Waals surface area contributed by atoms with Crippen LogP contribution in [0.4, 0.5) is 11.4 Å². The van der Waals surface area contributed by atoms with Crippen molar-refractivity contribution in [2.24, 2.45) is 5.73 Å². The monoisotopic (exact) mass is 1030 g/mol. The molecule has 0 fully saturated rings. The molecule has 11 aromatic carbocycles. The second-order valence-electron chi connectivity index (χ2n) is 20.9. The average Bonchev–Trinajstić information content (AvgIpc) is 3.53. The first-order valence-corrected chi connectivity index (χ1v) is 27.5. The molecular formula is C66H64B2N4O6. The zero-order valence-corrected chi connectivity index (χ0v) is 43.9. The minimum absolute atomic E-state index is 0.118. The molecule has 0 unspecified atom stereocenters. The largest absolute Gasteiger partial charge is 0.488 e. The minimum Gasteiger partial charge on any atom is -0.423 e. The van der Waals surface area contributed by atoms with Crippen LogP contribution in [0.1, 0.15) is 83.2 Å². The van der Waals surface area contributed by atoms with Crippen molar-refractivity contribution < 1.29 is 29.7 Å². The van der Waals surface area contributed by atoms with E-state index < -0.39 is 20.1 Å². The van der Waals surface area contributed by atoms with E-state index in [-0.39, 0.29) is 5.91 Å². The number of unbranched alkanes of at least 4 members (excludes halogenated alkanes) is 6. The maximum atomic E-state index is 14.3. The highest BCUT2D eigenvalue weighted by molar-refractivity contribution is 6.59. The Morgan fingerprint density at radius 1 is 0.385 bits per heavy atom. The summed E-state index contributed by atoms with van der Waals surface area (Å²) < 4.78 is 0. The highest BCUT2D eigenvalue weighted by atomic mass is 16.4. The van der Waals surface area contributed by atoms with Gasteiger partial charge in [-0.3, -0.25) is 9.59 Å². The summed E-state index contributed by atoms with van der Waals surface area (Å²) in [6.45, 7) is 3.63. The second-order valence-corrected chi connectivity index (χ2v) is 20.9. The molecule has 2 amide bonds. The summed E-state index contributed by atoms with van der Waals surface area (Å²) in [6.07, 6.45) is 7.04. The maximum absolute atomic E-state index is 14.3. The van der Waals surface area contributed by atoms with Gasteiger partial charge in [-0.05, 0) is 132 Å². The lowest BCUT2D eigenvalue weighted by Gasteiger charge is -2.29. The van der Waals surface area contributed by atoms with Crippen LogP contribution in [0.15, 0.2) is 182 Å². The molecule has 0 aromatic heterocycles. The molecule has 0 aliphatic rings. The Morgan fingerprint density at radius 2 is 0.756 bits per heavy atom. The van der Waals surface area contributed by atoms with Gasteiger partial charge >= 0.3 is 14.2 Å². The number of nitrogens with two attached hydrogens (primary N) is 1. The minimum atomic E-state index is -1.59. The van der Waals surface area contributed by atoms with Gasteiger partial charge in [0.15, 0.2) is 0 Å². The van der Waals surface area contributed by atoms with Crippen molar-refractivity contribution in [3.8, 4) is 0 Å². The van der Waals surface area contributed by atoms with Gasteiger partial charge in [0.25, 0.3) is 5.91 Å². The third-order valence-corrected chi connectivity index (χ3v) is 16.0. The molecule has 390 valence electrons. The third kappa shape index (κ3) is 10.8. The number of rotatable bonds is 24. The Morgan fingerprint density at radius 3 is 1.19 bits per heavy atom. The standard InChI is InChI=1S/C66H64B2N4O6/c69-65(73)51-22-15-23-52(42-51)66(74)70(38-9-1-3-11-40-71(43-53-16-5-7-24-57(53)67(75)76)59-36-32-49-28-26-45-18-13-20-47-30-34-55(59)63(49)61(45)47)39-10-2-4-12-41-72(44-54-17-6-8-25-58(54)68(77)78)60-37-33-50-29-27-46-19-14-21-48-31-35-56(60)64(50)62(46)48/h5-8,13-37,42,75-78H,1-4,9-12,38-41,43-44H2,(H2,69,73). The fourth-order valence-corrected chi connectivity index (χ4v) is 12.1. The van der Waals surface area contributed by atoms with E-state index in [4.69, 9.17) is 5.73 Å². The zero-order chi connectivity index (χ0) is 53.7. The molecule has 10 nitrogen and oxygen atoms in total. The van der Waals surface area contributed by atoms with Crippen LogP contribution in [0.25, 0.3) is 64.6 Å². The first-order valence-electron chi connectivity index (χ1n) is 27.5. The predicted octanol–water partition coefficient (Wildman–Crippen LogP) is 10.9. The van der Waals surface area contributed by atoms with E-state index >= 15 is 0 Å². The van der Waals surface area contributed by atoms with Crippen molar-refractivity contribution in [2.45, 2.75) is 64.5 Å². The lowest BCUT2D eigenvalue weighted by molar-refractivity contribution is 0.0749. The molecule has 0 atom stereocenters. The highest BCUT2D eigenvalue weighted by Crippen LogP contribution is 2.41. The van der Waals surface area contributed by atoms with Crippen LogP contribution in [-0.2, 0) is 13.1 Å². The molecule has 0 aliphatic carbocycles. The molecule has 12 heteroatoms. The number of primary amides is 1. The Hall–Kier alpha value is -7.99. The number of anilines is 2.